The number of aromatic nitrogens is 2. The molecule has 25 heavy (non-hydrogen) atoms. The largest absolute Gasteiger partial charge is 0.484 e. The van der Waals surface area contributed by atoms with E-state index in [0.29, 0.717) is 6.01 Å². The minimum Gasteiger partial charge on any atom is -0.484 e. The zero-order valence-corrected chi connectivity index (χ0v) is 14.4. The maximum atomic E-state index is 12.1. The minimum atomic E-state index is -0.0842. The Bertz CT molecular complexity index is 685. The molecule has 3 rings (SSSR count). The highest BCUT2D eigenvalue weighted by molar-refractivity contribution is 5.77. The third-order valence-electron chi connectivity index (χ3n) is 4.31. The second-order valence-corrected chi connectivity index (χ2v) is 6.24. The summed E-state index contributed by atoms with van der Waals surface area (Å²) in [6, 6.07) is 10.0. The van der Waals surface area contributed by atoms with Crippen LogP contribution in [0.4, 0.5) is 0 Å². The van der Waals surface area contributed by atoms with E-state index in [4.69, 9.17) is 9.47 Å². The Labute approximate surface area is 147 Å². The van der Waals surface area contributed by atoms with Crippen molar-refractivity contribution in [2.24, 2.45) is 0 Å². The number of nitrogens with one attached hydrogen (secondary N) is 1. The van der Waals surface area contributed by atoms with Crippen molar-refractivity contribution < 1.29 is 14.3 Å². The van der Waals surface area contributed by atoms with Crippen LogP contribution in [-0.2, 0) is 4.79 Å². The highest BCUT2D eigenvalue weighted by Gasteiger charge is 2.24. The van der Waals surface area contributed by atoms with Crippen molar-refractivity contribution in [3.63, 3.8) is 0 Å². The molecular formula is C19H23N3O3. The lowest BCUT2D eigenvalue weighted by Crippen LogP contribution is -2.41. The van der Waals surface area contributed by atoms with E-state index in [2.05, 4.69) is 15.3 Å². The molecule has 1 aromatic heterocycles. The molecule has 1 saturated carbocycles. The Morgan fingerprint density at radius 2 is 1.84 bits per heavy atom. The van der Waals surface area contributed by atoms with Crippen LogP contribution in [0.5, 0.6) is 11.8 Å². The third kappa shape index (κ3) is 5.17. The smallest absolute Gasteiger partial charge is 0.316 e. The first kappa shape index (κ1) is 17.2. The molecule has 2 aromatic rings. The Balaban J connectivity index is 1.38. The van der Waals surface area contributed by atoms with Gasteiger partial charge in [-0.3, -0.25) is 4.79 Å². The maximum Gasteiger partial charge on any atom is 0.316 e. The Morgan fingerprint density at radius 1 is 1.12 bits per heavy atom. The Kier molecular flexibility index (Phi) is 5.82. The summed E-state index contributed by atoms with van der Waals surface area (Å²) < 4.78 is 11.4. The van der Waals surface area contributed by atoms with E-state index in [-0.39, 0.29) is 24.7 Å². The van der Waals surface area contributed by atoms with Gasteiger partial charge in [-0.2, -0.15) is 0 Å². The van der Waals surface area contributed by atoms with Gasteiger partial charge in [-0.25, -0.2) is 9.97 Å². The van der Waals surface area contributed by atoms with Gasteiger partial charge >= 0.3 is 6.01 Å². The molecule has 1 fully saturated rings. The van der Waals surface area contributed by atoms with Crippen molar-refractivity contribution in [1.82, 2.24) is 15.3 Å². The first-order chi connectivity index (χ1) is 12.2. The first-order valence-corrected chi connectivity index (χ1v) is 8.62. The number of benzene rings is 1. The number of aryl methyl sites for hydroxylation is 1. The summed E-state index contributed by atoms with van der Waals surface area (Å²) in [4.78, 5) is 20.2. The van der Waals surface area contributed by atoms with Gasteiger partial charge < -0.3 is 14.8 Å². The fourth-order valence-corrected chi connectivity index (χ4v) is 2.95. The second kappa shape index (κ2) is 8.46. The van der Waals surface area contributed by atoms with Crippen LogP contribution in [0.15, 0.2) is 42.7 Å². The lowest BCUT2D eigenvalue weighted by atomic mass is 9.93. The number of para-hydroxylation sites is 1. The number of hydrogen-bond acceptors (Lipinski definition) is 5. The molecule has 0 aliphatic heterocycles. The van der Waals surface area contributed by atoms with E-state index in [1.807, 2.05) is 31.2 Å². The van der Waals surface area contributed by atoms with Crippen LogP contribution >= 0.6 is 0 Å². The van der Waals surface area contributed by atoms with Gasteiger partial charge in [0, 0.05) is 18.4 Å². The van der Waals surface area contributed by atoms with Crippen LogP contribution in [0.2, 0.25) is 0 Å². The van der Waals surface area contributed by atoms with E-state index in [1.165, 1.54) is 0 Å². The molecule has 0 bridgehead atoms. The van der Waals surface area contributed by atoms with Crippen molar-refractivity contribution in [2.75, 3.05) is 6.61 Å². The van der Waals surface area contributed by atoms with Gasteiger partial charge in [-0.05, 0) is 50.3 Å². The van der Waals surface area contributed by atoms with Crippen LogP contribution < -0.4 is 14.8 Å². The van der Waals surface area contributed by atoms with Gasteiger partial charge in [-0.1, -0.05) is 18.2 Å². The van der Waals surface area contributed by atoms with Crippen LogP contribution in [0.25, 0.3) is 0 Å². The molecule has 0 unspecified atom stereocenters. The molecule has 6 nitrogen and oxygen atoms in total. The highest BCUT2D eigenvalue weighted by Crippen LogP contribution is 2.22. The SMILES string of the molecule is Cc1ccccc1OCC(=O)NC1CCC(Oc2ncccn2)CC1. The van der Waals surface area contributed by atoms with E-state index in [1.54, 1.807) is 18.5 Å². The van der Waals surface area contributed by atoms with Crippen molar-refractivity contribution in [3.05, 3.63) is 48.3 Å². The molecule has 1 aromatic carbocycles. The fourth-order valence-electron chi connectivity index (χ4n) is 2.95. The lowest BCUT2D eigenvalue weighted by molar-refractivity contribution is -0.124. The zero-order valence-electron chi connectivity index (χ0n) is 14.4. The molecule has 1 aliphatic carbocycles. The molecule has 1 N–H and O–H groups in total. The molecule has 1 heterocycles. The van der Waals surface area contributed by atoms with Crippen molar-refractivity contribution in [1.29, 1.82) is 0 Å². The number of amides is 1. The molecule has 1 amide bonds. The maximum absolute atomic E-state index is 12.1. The Morgan fingerprint density at radius 3 is 2.56 bits per heavy atom. The van der Waals surface area contributed by atoms with Gasteiger partial charge in [0.15, 0.2) is 6.61 Å². The molecule has 1 aliphatic rings. The normalized spacial score (nSPS) is 19.9. The van der Waals surface area contributed by atoms with Gasteiger partial charge in [0.2, 0.25) is 0 Å². The fraction of sp³-hybridized carbons (Fsp3) is 0.421. The third-order valence-corrected chi connectivity index (χ3v) is 4.31. The van der Waals surface area contributed by atoms with Crippen LogP contribution in [0.3, 0.4) is 0 Å². The summed E-state index contributed by atoms with van der Waals surface area (Å²) in [6.07, 6.45) is 6.97. The summed E-state index contributed by atoms with van der Waals surface area (Å²) >= 11 is 0. The number of nitrogens with zero attached hydrogens (tertiary/aromatic N) is 2. The molecule has 6 heteroatoms. The quantitative estimate of drug-likeness (QED) is 0.874. The summed E-state index contributed by atoms with van der Waals surface area (Å²) in [5.41, 5.74) is 1.02. The number of carbonyl (C=O) groups is 1. The summed E-state index contributed by atoms with van der Waals surface area (Å²) in [6.45, 7) is 2.00. The molecule has 0 saturated heterocycles. The monoisotopic (exact) mass is 341 g/mol. The summed E-state index contributed by atoms with van der Waals surface area (Å²) in [5, 5.41) is 3.04. The van der Waals surface area contributed by atoms with Gasteiger partial charge in [0.05, 0.1) is 0 Å². The van der Waals surface area contributed by atoms with Crippen molar-refractivity contribution in [3.8, 4) is 11.8 Å². The number of rotatable bonds is 6. The van der Waals surface area contributed by atoms with Crippen molar-refractivity contribution in [2.45, 2.75) is 44.8 Å². The van der Waals surface area contributed by atoms with E-state index in [0.717, 1.165) is 37.0 Å². The average molecular weight is 341 g/mol. The predicted molar refractivity (Wildman–Crippen MR) is 93.5 cm³/mol. The molecule has 0 atom stereocenters. The second-order valence-electron chi connectivity index (χ2n) is 6.24. The first-order valence-electron chi connectivity index (χ1n) is 8.62. The predicted octanol–water partition coefficient (Wildman–Crippen LogP) is 2.67. The molecule has 132 valence electrons. The van der Waals surface area contributed by atoms with E-state index in [9.17, 15) is 4.79 Å². The standard InChI is InChI=1S/C19H23N3O3/c1-14-5-2-3-6-17(14)24-13-18(23)22-15-7-9-16(10-8-15)25-19-20-11-4-12-21-19/h2-6,11-12,15-16H,7-10,13H2,1H3,(H,22,23). The van der Waals surface area contributed by atoms with E-state index < -0.39 is 0 Å². The molecular weight excluding hydrogens is 318 g/mol. The van der Waals surface area contributed by atoms with Crippen LogP contribution in [-0.4, -0.2) is 34.6 Å². The summed E-state index contributed by atoms with van der Waals surface area (Å²) in [5.74, 6) is 0.664. The number of ether oxygens (including phenoxy) is 2. The lowest BCUT2D eigenvalue weighted by Gasteiger charge is -2.28. The minimum absolute atomic E-state index is 0.0408. The number of hydrogen-bond donors (Lipinski definition) is 1. The van der Waals surface area contributed by atoms with Gasteiger partial charge in [0.25, 0.3) is 5.91 Å². The Hall–Kier alpha value is -2.63. The molecule has 0 radical (unpaired) electrons. The van der Waals surface area contributed by atoms with E-state index >= 15 is 0 Å². The topological polar surface area (TPSA) is 73.3 Å². The average Bonchev–Trinajstić information content (AvgIpc) is 2.64. The van der Waals surface area contributed by atoms with Crippen LogP contribution in [0, 0.1) is 6.92 Å². The molecule has 0 spiro atoms. The number of carbonyl (C=O) groups excluding carboxylic acids is 1. The highest BCUT2D eigenvalue weighted by atomic mass is 16.5. The zero-order chi connectivity index (χ0) is 17.5. The summed E-state index contributed by atoms with van der Waals surface area (Å²) in [7, 11) is 0. The van der Waals surface area contributed by atoms with Crippen LogP contribution in [0.1, 0.15) is 31.2 Å². The van der Waals surface area contributed by atoms with Gasteiger partial charge in [0.1, 0.15) is 11.9 Å². The van der Waals surface area contributed by atoms with Crippen molar-refractivity contribution >= 4 is 5.91 Å². The van der Waals surface area contributed by atoms with Gasteiger partial charge in [-0.15, -0.1) is 0 Å².